The fourth-order valence-corrected chi connectivity index (χ4v) is 4.43. The minimum absolute atomic E-state index is 0.545. The Hall–Kier alpha value is -0.850. The van der Waals surface area contributed by atoms with Crippen molar-refractivity contribution < 1.29 is 0 Å². The van der Waals surface area contributed by atoms with Gasteiger partial charge in [0.1, 0.15) is 0 Å². The lowest BCUT2D eigenvalue weighted by Gasteiger charge is -2.38. The second-order valence-electron chi connectivity index (χ2n) is 7.91. The molecule has 24 heavy (non-hydrogen) atoms. The van der Waals surface area contributed by atoms with Gasteiger partial charge in [0, 0.05) is 64.4 Å². The first-order chi connectivity index (χ1) is 11.7. The van der Waals surface area contributed by atoms with E-state index < -0.39 is 0 Å². The average molecular weight is 337 g/mol. The van der Waals surface area contributed by atoms with Crippen LogP contribution in [0.15, 0.2) is 4.99 Å². The molecule has 3 rings (SSSR count). The number of likely N-dealkylation sites (N-methyl/N-ethyl adjacent to an activating group) is 2. The van der Waals surface area contributed by atoms with Gasteiger partial charge in [-0.3, -0.25) is 14.8 Å². The third-order valence-electron chi connectivity index (χ3n) is 6.11. The number of nitrogens with zero attached hydrogens (tertiary/aromatic N) is 4. The molecule has 138 valence electrons. The van der Waals surface area contributed by atoms with Gasteiger partial charge < -0.3 is 15.5 Å². The molecule has 0 bridgehead atoms. The van der Waals surface area contributed by atoms with Gasteiger partial charge in [0.15, 0.2) is 5.96 Å². The van der Waals surface area contributed by atoms with Gasteiger partial charge in [0.05, 0.1) is 0 Å². The lowest BCUT2D eigenvalue weighted by molar-refractivity contribution is 0.116. The molecule has 0 amide bonds. The summed E-state index contributed by atoms with van der Waals surface area (Å²) in [5.74, 6) is 0.967. The predicted molar refractivity (Wildman–Crippen MR) is 101 cm³/mol. The second kappa shape index (κ2) is 8.50. The molecule has 2 N–H and O–H groups in total. The highest BCUT2D eigenvalue weighted by molar-refractivity contribution is 5.80. The zero-order valence-corrected chi connectivity index (χ0v) is 15.8. The van der Waals surface area contributed by atoms with Crippen molar-refractivity contribution in [2.75, 3.05) is 60.4 Å². The van der Waals surface area contributed by atoms with Crippen molar-refractivity contribution in [2.45, 2.75) is 50.2 Å². The van der Waals surface area contributed by atoms with Crippen LogP contribution in [-0.4, -0.2) is 99.2 Å². The maximum atomic E-state index is 4.45. The van der Waals surface area contributed by atoms with Crippen molar-refractivity contribution >= 4 is 5.96 Å². The molecule has 0 radical (unpaired) electrons. The summed E-state index contributed by atoms with van der Waals surface area (Å²) >= 11 is 0. The van der Waals surface area contributed by atoms with Crippen LogP contribution in [0, 0.1) is 0 Å². The van der Waals surface area contributed by atoms with Crippen molar-refractivity contribution in [2.24, 2.45) is 4.99 Å². The molecular weight excluding hydrogens is 300 g/mol. The summed E-state index contributed by atoms with van der Waals surface area (Å²) in [5.41, 5.74) is 0. The molecular formula is C18H36N6. The molecule has 3 aliphatic rings. The van der Waals surface area contributed by atoms with Crippen LogP contribution in [0.5, 0.6) is 0 Å². The molecule has 2 heterocycles. The normalized spacial score (nSPS) is 31.7. The summed E-state index contributed by atoms with van der Waals surface area (Å²) in [4.78, 5) is 12.0. The predicted octanol–water partition coefficient (Wildman–Crippen LogP) is 0.414. The van der Waals surface area contributed by atoms with E-state index in [0.717, 1.165) is 31.6 Å². The van der Waals surface area contributed by atoms with E-state index in [2.05, 4.69) is 44.4 Å². The highest BCUT2D eigenvalue weighted by Gasteiger charge is 2.30. The van der Waals surface area contributed by atoms with Crippen LogP contribution in [0.1, 0.15) is 32.1 Å². The van der Waals surface area contributed by atoms with Gasteiger partial charge in [0.2, 0.25) is 0 Å². The molecule has 2 aliphatic heterocycles. The minimum atomic E-state index is 0.545. The molecule has 6 nitrogen and oxygen atoms in total. The highest BCUT2D eigenvalue weighted by atomic mass is 15.3. The standard InChI is InChI=1S/C18H36N6/c1-19-18(20-12-17-14-22(2)10-11-23(17)3)21-15-8-9-24(13-15)16-6-4-5-7-16/h15-17H,4-14H2,1-3H3,(H2,19,20,21). The van der Waals surface area contributed by atoms with Crippen LogP contribution in [0.4, 0.5) is 0 Å². The number of hydrogen-bond donors (Lipinski definition) is 2. The lowest BCUT2D eigenvalue weighted by atomic mass is 10.2. The number of guanidine groups is 1. The van der Waals surface area contributed by atoms with Gasteiger partial charge in [-0.15, -0.1) is 0 Å². The highest BCUT2D eigenvalue weighted by Crippen LogP contribution is 2.26. The quantitative estimate of drug-likeness (QED) is 0.575. The van der Waals surface area contributed by atoms with E-state index in [-0.39, 0.29) is 0 Å². The molecule has 1 aliphatic carbocycles. The summed E-state index contributed by atoms with van der Waals surface area (Å²) in [7, 11) is 6.32. The molecule has 1 saturated carbocycles. The minimum Gasteiger partial charge on any atom is -0.355 e. The molecule has 0 spiro atoms. The van der Waals surface area contributed by atoms with Crippen molar-refractivity contribution in [1.29, 1.82) is 0 Å². The van der Waals surface area contributed by atoms with Gasteiger partial charge in [-0.05, 0) is 33.4 Å². The molecule has 0 aromatic rings. The average Bonchev–Trinajstić information content (AvgIpc) is 3.25. The smallest absolute Gasteiger partial charge is 0.191 e. The van der Waals surface area contributed by atoms with E-state index in [4.69, 9.17) is 0 Å². The molecule has 6 heteroatoms. The summed E-state index contributed by atoms with van der Waals surface area (Å²) in [6.45, 7) is 6.82. The molecule has 3 fully saturated rings. The molecule has 2 unspecified atom stereocenters. The van der Waals surface area contributed by atoms with Crippen LogP contribution in [0.2, 0.25) is 0 Å². The first-order valence-corrected chi connectivity index (χ1v) is 9.75. The number of likely N-dealkylation sites (tertiary alicyclic amines) is 1. The van der Waals surface area contributed by atoms with Gasteiger partial charge in [0.25, 0.3) is 0 Å². The summed E-state index contributed by atoms with van der Waals surface area (Å²) in [6.07, 6.45) is 6.89. The number of hydrogen-bond acceptors (Lipinski definition) is 4. The van der Waals surface area contributed by atoms with E-state index in [9.17, 15) is 0 Å². The number of rotatable bonds is 4. The number of piperazine rings is 1. The Kier molecular flexibility index (Phi) is 6.36. The van der Waals surface area contributed by atoms with E-state index in [1.807, 2.05) is 7.05 Å². The van der Waals surface area contributed by atoms with E-state index >= 15 is 0 Å². The van der Waals surface area contributed by atoms with Crippen LogP contribution in [0.3, 0.4) is 0 Å². The Labute approximate surface area is 147 Å². The van der Waals surface area contributed by atoms with E-state index in [1.165, 1.54) is 51.7 Å². The monoisotopic (exact) mass is 336 g/mol. The second-order valence-corrected chi connectivity index (χ2v) is 7.91. The summed E-state index contributed by atoms with van der Waals surface area (Å²) in [6, 6.07) is 1.95. The van der Waals surface area contributed by atoms with Gasteiger partial charge in [-0.1, -0.05) is 12.8 Å². The zero-order chi connectivity index (χ0) is 16.9. The largest absolute Gasteiger partial charge is 0.355 e. The third kappa shape index (κ3) is 4.61. The Morgan fingerprint density at radius 3 is 2.58 bits per heavy atom. The fraction of sp³-hybridized carbons (Fsp3) is 0.944. The Morgan fingerprint density at radius 1 is 1.04 bits per heavy atom. The third-order valence-corrected chi connectivity index (χ3v) is 6.11. The van der Waals surface area contributed by atoms with Crippen LogP contribution < -0.4 is 10.6 Å². The number of nitrogens with one attached hydrogen (secondary N) is 2. The maximum absolute atomic E-state index is 4.45. The molecule has 0 aromatic carbocycles. The molecule has 2 atom stereocenters. The first kappa shape index (κ1) is 18.0. The van der Waals surface area contributed by atoms with Gasteiger partial charge >= 0.3 is 0 Å². The van der Waals surface area contributed by atoms with Crippen LogP contribution >= 0.6 is 0 Å². The van der Waals surface area contributed by atoms with Crippen molar-refractivity contribution in [3.63, 3.8) is 0 Å². The van der Waals surface area contributed by atoms with E-state index in [1.54, 1.807) is 0 Å². The maximum Gasteiger partial charge on any atom is 0.191 e. The van der Waals surface area contributed by atoms with Crippen molar-refractivity contribution in [1.82, 2.24) is 25.3 Å². The SMILES string of the molecule is CN=C(NCC1CN(C)CCN1C)NC1CCN(C2CCCC2)C1. The first-order valence-electron chi connectivity index (χ1n) is 9.75. The fourth-order valence-electron chi connectivity index (χ4n) is 4.43. The summed E-state index contributed by atoms with van der Waals surface area (Å²) < 4.78 is 0. The van der Waals surface area contributed by atoms with Crippen LogP contribution in [-0.2, 0) is 0 Å². The van der Waals surface area contributed by atoms with Crippen molar-refractivity contribution in [3.8, 4) is 0 Å². The van der Waals surface area contributed by atoms with E-state index in [0.29, 0.717) is 12.1 Å². The molecule has 2 saturated heterocycles. The number of aliphatic imine (C=N–C) groups is 1. The van der Waals surface area contributed by atoms with Crippen molar-refractivity contribution in [3.05, 3.63) is 0 Å². The Balaban J connectivity index is 1.42. The summed E-state index contributed by atoms with van der Waals surface area (Å²) in [5, 5.41) is 7.20. The van der Waals surface area contributed by atoms with Gasteiger partial charge in [-0.25, -0.2) is 0 Å². The van der Waals surface area contributed by atoms with Gasteiger partial charge in [-0.2, -0.15) is 0 Å². The molecule has 0 aromatic heterocycles. The lowest BCUT2D eigenvalue weighted by Crippen LogP contribution is -2.56. The Bertz CT molecular complexity index is 420. The zero-order valence-electron chi connectivity index (χ0n) is 15.8. The van der Waals surface area contributed by atoms with Crippen LogP contribution in [0.25, 0.3) is 0 Å². The topological polar surface area (TPSA) is 46.1 Å². The Morgan fingerprint density at radius 2 is 1.83 bits per heavy atom.